The summed E-state index contributed by atoms with van der Waals surface area (Å²) in [5.74, 6) is -2.39. The fourth-order valence-electron chi connectivity index (χ4n) is 1.14. The van der Waals surface area contributed by atoms with Crippen molar-refractivity contribution in [1.82, 2.24) is 0 Å². The highest BCUT2D eigenvalue weighted by atomic mass is 35.5. The molecule has 0 amide bonds. The van der Waals surface area contributed by atoms with Crippen LogP contribution in [-0.2, 0) is 0 Å². The molecule has 74 valence electrons. The Kier molecular flexibility index (Phi) is 2.71. The van der Waals surface area contributed by atoms with Crippen molar-refractivity contribution in [1.29, 1.82) is 0 Å². The average Bonchev–Trinajstić information content (AvgIpc) is 1.97. The molecule has 0 radical (unpaired) electrons. The van der Waals surface area contributed by atoms with Crippen LogP contribution in [0.25, 0.3) is 0 Å². The molecule has 0 aliphatic heterocycles. The summed E-state index contributed by atoms with van der Waals surface area (Å²) in [5.41, 5.74) is 0.0508. The molecule has 0 heterocycles. The highest BCUT2D eigenvalue weighted by molar-refractivity contribution is 6.31. The maximum Gasteiger partial charge on any atom is 0.395 e. The van der Waals surface area contributed by atoms with E-state index in [1.165, 1.54) is 6.92 Å². The van der Waals surface area contributed by atoms with E-state index in [4.69, 9.17) is 11.6 Å². The third-order valence-electron chi connectivity index (χ3n) is 1.88. The third kappa shape index (κ3) is 2.24. The Morgan fingerprint density at radius 3 is 2.38 bits per heavy atom. The van der Waals surface area contributed by atoms with Gasteiger partial charge in [-0.05, 0) is 18.9 Å². The predicted molar refractivity (Wildman–Crippen MR) is 41.9 cm³/mol. The van der Waals surface area contributed by atoms with Crippen LogP contribution in [0.15, 0.2) is 22.5 Å². The van der Waals surface area contributed by atoms with Crippen molar-refractivity contribution in [3.05, 3.63) is 22.5 Å². The van der Waals surface area contributed by atoms with Gasteiger partial charge in [-0.3, -0.25) is 0 Å². The van der Waals surface area contributed by atoms with Crippen LogP contribution in [0.1, 0.15) is 13.3 Å². The summed E-state index contributed by atoms with van der Waals surface area (Å²) < 4.78 is 49.3. The summed E-state index contributed by atoms with van der Waals surface area (Å²) in [6, 6.07) is 0. The highest BCUT2D eigenvalue weighted by Gasteiger charge is 2.40. The van der Waals surface area contributed by atoms with E-state index in [2.05, 4.69) is 0 Å². The summed E-state index contributed by atoms with van der Waals surface area (Å²) in [6.07, 6.45) is -3.97. The largest absolute Gasteiger partial charge is 0.395 e. The van der Waals surface area contributed by atoms with E-state index in [-0.39, 0.29) is 12.0 Å². The molecular formula is C8H7ClF4. The maximum atomic E-state index is 12.8. The van der Waals surface area contributed by atoms with Gasteiger partial charge in [0.1, 0.15) is 5.83 Å². The van der Waals surface area contributed by atoms with Crippen LogP contribution in [0.2, 0.25) is 0 Å². The molecule has 1 rings (SSSR count). The number of halogens is 5. The van der Waals surface area contributed by atoms with Gasteiger partial charge in [0.25, 0.3) is 0 Å². The van der Waals surface area contributed by atoms with E-state index in [9.17, 15) is 17.6 Å². The molecule has 5 heteroatoms. The first-order chi connectivity index (χ1) is 5.82. The Labute approximate surface area is 77.9 Å². The second-order valence-corrected chi connectivity index (χ2v) is 3.37. The van der Waals surface area contributed by atoms with E-state index < -0.39 is 23.0 Å². The Bertz CT molecular complexity index is 274. The van der Waals surface area contributed by atoms with Crippen molar-refractivity contribution in [3.63, 3.8) is 0 Å². The van der Waals surface area contributed by atoms with Crippen molar-refractivity contribution >= 4 is 11.6 Å². The maximum absolute atomic E-state index is 12.8. The van der Waals surface area contributed by atoms with E-state index in [1.807, 2.05) is 0 Å². The van der Waals surface area contributed by atoms with Gasteiger partial charge in [-0.1, -0.05) is 17.7 Å². The summed E-state index contributed by atoms with van der Waals surface area (Å²) in [6.45, 7) is 1.31. The number of rotatable bonds is 0. The van der Waals surface area contributed by atoms with E-state index in [0.717, 1.165) is 0 Å². The molecule has 0 bridgehead atoms. The molecule has 1 aliphatic rings. The van der Waals surface area contributed by atoms with Gasteiger partial charge in [0, 0.05) is 0 Å². The zero-order valence-corrected chi connectivity index (χ0v) is 7.51. The molecular weight excluding hydrogens is 208 g/mol. The zero-order valence-electron chi connectivity index (χ0n) is 6.75. The lowest BCUT2D eigenvalue weighted by atomic mass is 9.94. The number of hydrogen-bond acceptors (Lipinski definition) is 0. The molecule has 0 saturated carbocycles. The lowest BCUT2D eigenvalue weighted by Gasteiger charge is -2.21. The van der Waals surface area contributed by atoms with Crippen LogP contribution in [0.5, 0.6) is 0 Å². The van der Waals surface area contributed by atoms with Crippen LogP contribution >= 0.6 is 11.6 Å². The van der Waals surface area contributed by atoms with Gasteiger partial charge in [-0.2, -0.15) is 13.2 Å². The Balaban J connectivity index is 2.92. The normalized spacial score (nSPS) is 24.8. The van der Waals surface area contributed by atoms with E-state index in [1.54, 1.807) is 0 Å². The molecule has 0 aromatic heterocycles. The fourth-order valence-corrected chi connectivity index (χ4v) is 1.46. The summed E-state index contributed by atoms with van der Waals surface area (Å²) in [5, 5.41) is -0.439. The van der Waals surface area contributed by atoms with Gasteiger partial charge in [0.15, 0.2) is 0 Å². The van der Waals surface area contributed by atoms with E-state index in [0.29, 0.717) is 6.08 Å². The first-order valence-corrected chi connectivity index (χ1v) is 4.00. The minimum absolute atomic E-state index is 0.0508. The van der Waals surface area contributed by atoms with Gasteiger partial charge in [0.2, 0.25) is 0 Å². The fraction of sp³-hybridized carbons (Fsp3) is 0.500. The van der Waals surface area contributed by atoms with Crippen molar-refractivity contribution in [2.24, 2.45) is 5.92 Å². The lowest BCUT2D eigenvalue weighted by molar-refractivity contribution is -0.161. The molecule has 1 aliphatic carbocycles. The van der Waals surface area contributed by atoms with Gasteiger partial charge < -0.3 is 0 Å². The van der Waals surface area contributed by atoms with Gasteiger partial charge in [0.05, 0.1) is 11.0 Å². The predicted octanol–water partition coefficient (Wildman–Crippen LogP) is 3.93. The van der Waals surface area contributed by atoms with Crippen molar-refractivity contribution in [2.45, 2.75) is 19.5 Å². The first-order valence-electron chi connectivity index (χ1n) is 3.62. The van der Waals surface area contributed by atoms with Crippen LogP contribution in [0, 0.1) is 5.92 Å². The Morgan fingerprint density at radius 2 is 2.00 bits per heavy atom. The molecule has 1 unspecified atom stereocenters. The molecule has 13 heavy (non-hydrogen) atoms. The zero-order chi connectivity index (χ0) is 10.2. The van der Waals surface area contributed by atoms with Crippen molar-refractivity contribution < 1.29 is 17.6 Å². The molecule has 0 spiro atoms. The number of allylic oxidation sites excluding steroid dienone is 4. The molecule has 1 atom stereocenters. The molecule has 0 N–H and O–H groups in total. The lowest BCUT2D eigenvalue weighted by Crippen LogP contribution is -2.23. The number of alkyl halides is 3. The quantitative estimate of drug-likeness (QED) is 0.536. The average molecular weight is 215 g/mol. The molecule has 0 aromatic carbocycles. The second-order valence-electron chi connectivity index (χ2n) is 2.96. The molecule has 0 saturated heterocycles. The smallest absolute Gasteiger partial charge is 0.205 e. The topological polar surface area (TPSA) is 0 Å². The SMILES string of the molecule is CC1=C(F)C(Cl)=CC(C(F)(F)F)C1. The third-order valence-corrected chi connectivity index (χ3v) is 2.17. The van der Waals surface area contributed by atoms with Crippen molar-refractivity contribution in [2.75, 3.05) is 0 Å². The summed E-state index contributed by atoms with van der Waals surface area (Å²) in [4.78, 5) is 0. The number of hydrogen-bond donors (Lipinski definition) is 0. The van der Waals surface area contributed by atoms with Gasteiger partial charge in [-0.15, -0.1) is 0 Å². The molecule has 0 nitrogen and oxygen atoms in total. The molecule has 0 aromatic rings. The van der Waals surface area contributed by atoms with E-state index >= 15 is 0 Å². The second kappa shape index (κ2) is 3.33. The minimum atomic E-state index is -4.35. The summed E-state index contributed by atoms with van der Waals surface area (Å²) >= 11 is 5.29. The van der Waals surface area contributed by atoms with Gasteiger partial charge >= 0.3 is 6.18 Å². The van der Waals surface area contributed by atoms with Crippen LogP contribution < -0.4 is 0 Å². The van der Waals surface area contributed by atoms with Crippen LogP contribution in [-0.4, -0.2) is 6.18 Å². The van der Waals surface area contributed by atoms with Crippen molar-refractivity contribution in [3.8, 4) is 0 Å². The first kappa shape index (κ1) is 10.6. The Hall–Kier alpha value is -0.510. The standard InChI is InChI=1S/C8H7ClF4/c1-4-2-5(8(11,12)13)3-6(9)7(4)10/h3,5H,2H2,1H3. The highest BCUT2D eigenvalue weighted by Crippen LogP contribution is 2.39. The molecule has 0 fully saturated rings. The monoisotopic (exact) mass is 214 g/mol. The van der Waals surface area contributed by atoms with Gasteiger partial charge in [-0.25, -0.2) is 4.39 Å². The van der Waals surface area contributed by atoms with Crippen LogP contribution in [0.3, 0.4) is 0 Å². The Morgan fingerprint density at radius 1 is 1.46 bits per heavy atom. The summed E-state index contributed by atoms with van der Waals surface area (Å²) in [7, 11) is 0. The van der Waals surface area contributed by atoms with Crippen LogP contribution in [0.4, 0.5) is 17.6 Å². The minimum Gasteiger partial charge on any atom is -0.205 e.